The lowest BCUT2D eigenvalue weighted by Gasteiger charge is -2.26. The second-order valence-corrected chi connectivity index (χ2v) is 7.90. The number of pyridine rings is 1. The Hall–Kier alpha value is -2.90. The van der Waals surface area contributed by atoms with Crippen molar-refractivity contribution in [3.63, 3.8) is 0 Å². The van der Waals surface area contributed by atoms with Gasteiger partial charge in [0.2, 0.25) is 0 Å². The van der Waals surface area contributed by atoms with Crippen LogP contribution in [0.2, 0.25) is 0 Å². The Morgan fingerprint density at radius 1 is 1.30 bits per heavy atom. The lowest BCUT2D eigenvalue weighted by Crippen LogP contribution is -2.41. The highest BCUT2D eigenvalue weighted by atomic mass is 16.3. The minimum atomic E-state index is -0.537. The van der Waals surface area contributed by atoms with E-state index in [0.29, 0.717) is 13.1 Å². The Morgan fingerprint density at radius 2 is 2.04 bits per heavy atom. The molecule has 1 fully saturated rings. The van der Waals surface area contributed by atoms with Crippen molar-refractivity contribution in [1.29, 1.82) is 0 Å². The molecule has 2 N–H and O–H groups in total. The summed E-state index contributed by atoms with van der Waals surface area (Å²) in [6.45, 7) is 6.90. The number of aromatic nitrogens is 3. The summed E-state index contributed by atoms with van der Waals surface area (Å²) in [6.07, 6.45) is 1.55. The molecule has 144 valence electrons. The van der Waals surface area contributed by atoms with Crippen molar-refractivity contribution in [3.8, 4) is 5.88 Å². The molecule has 0 aliphatic carbocycles. The van der Waals surface area contributed by atoms with Crippen molar-refractivity contribution in [2.24, 2.45) is 0 Å². The fraction of sp³-hybridized carbons (Fsp3) is 0.474. The lowest BCUT2D eigenvalue weighted by molar-refractivity contribution is 0.0719. The van der Waals surface area contributed by atoms with Crippen LogP contribution in [0.5, 0.6) is 5.88 Å². The predicted octanol–water partition coefficient (Wildman–Crippen LogP) is 1.24. The third-order valence-corrected chi connectivity index (χ3v) is 4.73. The maximum Gasteiger partial charge on any atom is 0.266 e. The zero-order chi connectivity index (χ0) is 19.8. The van der Waals surface area contributed by atoms with Gasteiger partial charge in [-0.3, -0.25) is 19.4 Å². The molecule has 1 unspecified atom stereocenters. The molecule has 8 nitrogen and oxygen atoms in total. The summed E-state index contributed by atoms with van der Waals surface area (Å²) in [5, 5.41) is 14.0. The van der Waals surface area contributed by atoms with Crippen LogP contribution < -0.4 is 11.1 Å². The normalized spacial score (nSPS) is 17.3. The molecule has 1 amide bonds. The number of amides is 1. The third-order valence-electron chi connectivity index (χ3n) is 4.73. The molecule has 0 saturated carbocycles. The monoisotopic (exact) mass is 372 g/mol. The highest BCUT2D eigenvalue weighted by molar-refractivity contribution is 5.94. The van der Waals surface area contributed by atoms with Gasteiger partial charge in [0.1, 0.15) is 0 Å². The zero-order valence-electron chi connectivity index (χ0n) is 15.7. The number of aromatic amines is 1. The topological polar surface area (TPSA) is 108 Å². The van der Waals surface area contributed by atoms with Gasteiger partial charge in [-0.25, -0.2) is 4.68 Å². The number of hydrogen-bond acceptors (Lipinski definition) is 5. The first-order chi connectivity index (χ1) is 12.6. The van der Waals surface area contributed by atoms with Crippen LogP contribution in [-0.4, -0.2) is 43.3 Å². The molecule has 2 aromatic heterocycles. The highest BCUT2D eigenvalue weighted by Crippen LogP contribution is 2.22. The van der Waals surface area contributed by atoms with Gasteiger partial charge in [-0.05, 0) is 18.9 Å². The summed E-state index contributed by atoms with van der Waals surface area (Å²) in [5.41, 5.74) is -0.00574. The van der Waals surface area contributed by atoms with Crippen molar-refractivity contribution in [3.05, 3.63) is 56.2 Å². The van der Waals surface area contributed by atoms with Crippen molar-refractivity contribution in [2.75, 3.05) is 6.54 Å². The smallest absolute Gasteiger partial charge is 0.266 e. The molecule has 3 heterocycles. The van der Waals surface area contributed by atoms with Gasteiger partial charge in [0.25, 0.3) is 17.0 Å². The summed E-state index contributed by atoms with van der Waals surface area (Å²) >= 11 is 0. The fourth-order valence-electron chi connectivity index (χ4n) is 3.29. The molecule has 1 atom stereocenters. The zero-order valence-corrected chi connectivity index (χ0v) is 15.7. The molecule has 8 heteroatoms. The van der Waals surface area contributed by atoms with Gasteiger partial charge in [-0.1, -0.05) is 20.8 Å². The number of hydrogen-bond donors (Lipinski definition) is 2. The summed E-state index contributed by atoms with van der Waals surface area (Å²) in [5.74, 6) is -0.684. The standard InChI is InChI=1S/C19H24N4O4/c1-19(2,3)14-6-7-17(26)23(21-14)11-13-5-4-8-22(13)18(27)12-9-15(24)20-16(25)10-12/h6-7,9-10,13H,4-5,8,11H2,1-3H3,(H2,20,24,25). The molecule has 1 saturated heterocycles. The van der Waals surface area contributed by atoms with E-state index in [2.05, 4.69) is 10.1 Å². The van der Waals surface area contributed by atoms with Crippen LogP contribution in [-0.2, 0) is 12.0 Å². The van der Waals surface area contributed by atoms with Crippen LogP contribution in [0.25, 0.3) is 0 Å². The number of aromatic hydroxyl groups is 1. The van der Waals surface area contributed by atoms with E-state index in [4.69, 9.17) is 0 Å². The largest absolute Gasteiger partial charge is 0.494 e. The summed E-state index contributed by atoms with van der Waals surface area (Å²) < 4.78 is 1.41. The van der Waals surface area contributed by atoms with Crippen molar-refractivity contribution >= 4 is 5.91 Å². The Kier molecular flexibility index (Phi) is 4.91. The summed E-state index contributed by atoms with van der Waals surface area (Å²) in [4.78, 5) is 40.4. The van der Waals surface area contributed by atoms with Crippen LogP contribution in [0.4, 0.5) is 0 Å². The van der Waals surface area contributed by atoms with Crippen molar-refractivity contribution in [2.45, 2.75) is 51.6 Å². The Labute approximate surface area is 156 Å². The summed E-state index contributed by atoms with van der Waals surface area (Å²) in [6, 6.07) is 5.45. The Morgan fingerprint density at radius 3 is 2.70 bits per heavy atom. The van der Waals surface area contributed by atoms with Gasteiger partial charge in [-0.2, -0.15) is 5.10 Å². The van der Waals surface area contributed by atoms with Crippen LogP contribution in [0.3, 0.4) is 0 Å². The average molecular weight is 372 g/mol. The quantitative estimate of drug-likeness (QED) is 0.843. The average Bonchev–Trinajstić information content (AvgIpc) is 3.02. The molecule has 0 radical (unpaired) electrons. The van der Waals surface area contributed by atoms with Crippen LogP contribution in [0.15, 0.2) is 33.9 Å². The number of rotatable bonds is 3. The molecule has 0 spiro atoms. The molecule has 0 bridgehead atoms. The second-order valence-electron chi connectivity index (χ2n) is 7.90. The van der Waals surface area contributed by atoms with E-state index in [0.717, 1.165) is 18.5 Å². The van der Waals surface area contributed by atoms with Crippen LogP contribution in [0.1, 0.15) is 49.7 Å². The number of nitrogens with zero attached hydrogens (tertiary/aromatic N) is 3. The minimum Gasteiger partial charge on any atom is -0.494 e. The number of nitrogens with one attached hydrogen (secondary N) is 1. The molecular weight excluding hydrogens is 348 g/mol. The lowest BCUT2D eigenvalue weighted by atomic mass is 9.92. The highest BCUT2D eigenvalue weighted by Gasteiger charge is 2.31. The second kappa shape index (κ2) is 7.02. The Balaban J connectivity index is 1.86. The van der Waals surface area contributed by atoms with E-state index >= 15 is 0 Å². The van der Waals surface area contributed by atoms with E-state index in [1.54, 1.807) is 11.0 Å². The molecule has 3 rings (SSSR count). The molecule has 27 heavy (non-hydrogen) atoms. The predicted molar refractivity (Wildman–Crippen MR) is 100.0 cm³/mol. The first-order valence-electron chi connectivity index (χ1n) is 8.98. The van der Waals surface area contributed by atoms with E-state index in [1.807, 2.05) is 20.8 Å². The summed E-state index contributed by atoms with van der Waals surface area (Å²) in [7, 11) is 0. The SMILES string of the molecule is CC(C)(C)c1ccc(=O)n(CC2CCCN2C(=O)c2cc(O)[nH]c(=O)c2)n1. The van der Waals surface area contributed by atoms with E-state index in [1.165, 1.54) is 22.9 Å². The van der Waals surface area contributed by atoms with Gasteiger partial charge in [-0.15, -0.1) is 0 Å². The minimum absolute atomic E-state index is 0.131. The van der Waals surface area contributed by atoms with Gasteiger partial charge < -0.3 is 10.0 Å². The van der Waals surface area contributed by atoms with E-state index in [-0.39, 0.29) is 34.4 Å². The number of carbonyl (C=O) groups is 1. The molecular formula is C19H24N4O4. The molecule has 1 aliphatic heterocycles. The number of likely N-dealkylation sites (tertiary alicyclic amines) is 1. The fourth-order valence-corrected chi connectivity index (χ4v) is 3.29. The number of carbonyl (C=O) groups excluding carboxylic acids is 1. The van der Waals surface area contributed by atoms with E-state index in [9.17, 15) is 19.5 Å². The van der Waals surface area contributed by atoms with Gasteiger partial charge in [0.05, 0.1) is 23.8 Å². The van der Waals surface area contributed by atoms with Crippen molar-refractivity contribution < 1.29 is 9.90 Å². The van der Waals surface area contributed by atoms with Crippen LogP contribution >= 0.6 is 0 Å². The van der Waals surface area contributed by atoms with Gasteiger partial charge >= 0.3 is 0 Å². The van der Waals surface area contributed by atoms with Crippen LogP contribution in [0, 0.1) is 0 Å². The maximum atomic E-state index is 12.8. The Bertz CT molecular complexity index is 971. The number of H-pyrrole nitrogens is 1. The van der Waals surface area contributed by atoms with Gasteiger partial charge in [0.15, 0.2) is 5.88 Å². The van der Waals surface area contributed by atoms with Crippen molar-refractivity contribution in [1.82, 2.24) is 19.7 Å². The molecule has 1 aliphatic rings. The van der Waals surface area contributed by atoms with E-state index < -0.39 is 5.56 Å². The molecule has 0 aromatic carbocycles. The molecule has 2 aromatic rings. The third kappa shape index (κ3) is 4.10. The first kappa shape index (κ1) is 18.9. The maximum absolute atomic E-state index is 12.8. The first-order valence-corrected chi connectivity index (χ1v) is 8.98. The van der Waals surface area contributed by atoms with Gasteiger partial charge in [0, 0.05) is 30.2 Å².